The first-order valence-electron chi connectivity index (χ1n) is 9.03. The zero-order chi connectivity index (χ0) is 19.3. The highest BCUT2D eigenvalue weighted by Gasteiger charge is 2.14. The second-order valence-electron chi connectivity index (χ2n) is 7.01. The lowest BCUT2D eigenvalue weighted by molar-refractivity contribution is -0.117. The lowest BCUT2D eigenvalue weighted by atomic mass is 10.0. The molecule has 4 nitrogen and oxygen atoms in total. The lowest BCUT2D eigenvalue weighted by Gasteiger charge is -2.21. The van der Waals surface area contributed by atoms with Gasteiger partial charge in [0.25, 0.3) is 0 Å². The number of aryl methyl sites for hydroxylation is 2. The summed E-state index contributed by atoms with van der Waals surface area (Å²) in [6.45, 7) is 10.2. The van der Waals surface area contributed by atoms with Crippen LogP contribution >= 0.6 is 0 Å². The lowest BCUT2D eigenvalue weighted by Crippen LogP contribution is -2.31. The van der Waals surface area contributed by atoms with Crippen molar-refractivity contribution in [2.24, 2.45) is 0 Å². The van der Waals surface area contributed by atoms with Crippen molar-refractivity contribution >= 4 is 23.2 Å². The van der Waals surface area contributed by atoms with Crippen LogP contribution in [0.1, 0.15) is 49.8 Å². The van der Waals surface area contributed by atoms with E-state index in [4.69, 9.17) is 0 Å². The van der Waals surface area contributed by atoms with Gasteiger partial charge in [-0.3, -0.25) is 9.59 Å². The second kappa shape index (κ2) is 8.65. The van der Waals surface area contributed by atoms with Gasteiger partial charge in [0.05, 0.1) is 0 Å². The van der Waals surface area contributed by atoms with Crippen molar-refractivity contribution < 1.29 is 9.59 Å². The number of rotatable bonds is 6. The van der Waals surface area contributed by atoms with Crippen LogP contribution < -0.4 is 10.2 Å². The molecule has 0 bridgehead atoms. The van der Waals surface area contributed by atoms with E-state index in [0.717, 1.165) is 16.9 Å². The molecule has 0 radical (unpaired) electrons. The number of carbonyl (C=O) groups is 2. The Morgan fingerprint density at radius 2 is 1.65 bits per heavy atom. The third kappa shape index (κ3) is 5.19. The van der Waals surface area contributed by atoms with Crippen LogP contribution in [0.5, 0.6) is 0 Å². The van der Waals surface area contributed by atoms with Crippen LogP contribution in [-0.4, -0.2) is 18.4 Å². The summed E-state index contributed by atoms with van der Waals surface area (Å²) in [4.78, 5) is 25.9. The Balaban J connectivity index is 2.00. The molecule has 2 rings (SSSR count). The molecule has 0 heterocycles. The topological polar surface area (TPSA) is 49.4 Å². The van der Waals surface area contributed by atoms with Crippen molar-refractivity contribution in [3.8, 4) is 0 Å². The van der Waals surface area contributed by atoms with Gasteiger partial charge in [-0.2, -0.15) is 0 Å². The zero-order valence-electron chi connectivity index (χ0n) is 16.3. The number of hydrogen-bond acceptors (Lipinski definition) is 2. The third-order valence-electron chi connectivity index (χ3n) is 4.60. The summed E-state index contributed by atoms with van der Waals surface area (Å²) in [7, 11) is 0. The van der Waals surface area contributed by atoms with E-state index in [-0.39, 0.29) is 18.2 Å². The van der Waals surface area contributed by atoms with Crippen molar-refractivity contribution in [3.63, 3.8) is 0 Å². The molecule has 0 unspecified atom stereocenters. The first-order valence-corrected chi connectivity index (χ1v) is 9.03. The summed E-state index contributed by atoms with van der Waals surface area (Å²) in [6, 6.07) is 13.8. The molecule has 2 aromatic carbocycles. The number of nitrogens with zero attached hydrogens (tertiary/aromatic N) is 1. The SMILES string of the molecule is CC(=O)N(CCC(=O)Nc1ccc(C)c(C)c1)c1ccc(C(C)C)cc1. The van der Waals surface area contributed by atoms with Crippen LogP contribution in [0.3, 0.4) is 0 Å². The number of amides is 2. The number of carbonyl (C=O) groups excluding carboxylic acids is 2. The van der Waals surface area contributed by atoms with E-state index in [1.165, 1.54) is 18.1 Å². The minimum atomic E-state index is -0.0988. The van der Waals surface area contributed by atoms with Crippen molar-refractivity contribution in [3.05, 3.63) is 59.2 Å². The normalized spacial score (nSPS) is 10.7. The molecule has 1 N–H and O–H groups in total. The van der Waals surface area contributed by atoms with Crippen molar-refractivity contribution in [1.29, 1.82) is 0 Å². The van der Waals surface area contributed by atoms with Crippen LogP contribution in [0, 0.1) is 13.8 Å². The largest absolute Gasteiger partial charge is 0.326 e. The quantitative estimate of drug-likeness (QED) is 0.811. The van der Waals surface area contributed by atoms with Crippen molar-refractivity contribution in [2.75, 3.05) is 16.8 Å². The summed E-state index contributed by atoms with van der Waals surface area (Å²) in [5.41, 5.74) is 5.16. The minimum Gasteiger partial charge on any atom is -0.326 e. The van der Waals surface area contributed by atoms with Gasteiger partial charge < -0.3 is 10.2 Å². The first kappa shape index (κ1) is 19.7. The second-order valence-corrected chi connectivity index (χ2v) is 7.01. The summed E-state index contributed by atoms with van der Waals surface area (Å²) >= 11 is 0. The fourth-order valence-electron chi connectivity index (χ4n) is 2.76. The molecule has 0 aliphatic rings. The van der Waals surface area contributed by atoms with Crippen molar-refractivity contribution in [2.45, 2.75) is 47.0 Å². The monoisotopic (exact) mass is 352 g/mol. The Morgan fingerprint density at radius 1 is 1.00 bits per heavy atom. The Labute approximate surface area is 156 Å². The van der Waals surface area contributed by atoms with Gasteiger partial charge in [-0.25, -0.2) is 0 Å². The van der Waals surface area contributed by atoms with E-state index in [0.29, 0.717) is 12.5 Å². The molecule has 0 spiro atoms. The standard InChI is InChI=1S/C22H28N2O2/c1-15(2)19-7-10-21(11-8-19)24(18(5)25)13-12-22(26)23-20-9-6-16(3)17(4)14-20/h6-11,14-15H,12-13H2,1-5H3,(H,23,26). The van der Waals surface area contributed by atoms with Gasteiger partial charge in [0.1, 0.15) is 0 Å². The van der Waals surface area contributed by atoms with E-state index in [9.17, 15) is 9.59 Å². The average Bonchev–Trinajstić information content (AvgIpc) is 2.58. The number of benzene rings is 2. The molecule has 26 heavy (non-hydrogen) atoms. The fraction of sp³-hybridized carbons (Fsp3) is 0.364. The molecule has 2 amide bonds. The molecule has 0 aliphatic heterocycles. The molecule has 4 heteroatoms. The van der Waals surface area contributed by atoms with Crippen LogP contribution in [0.4, 0.5) is 11.4 Å². The van der Waals surface area contributed by atoms with E-state index in [2.05, 4.69) is 19.2 Å². The van der Waals surface area contributed by atoms with E-state index in [1.54, 1.807) is 4.90 Å². The van der Waals surface area contributed by atoms with Gasteiger partial charge >= 0.3 is 0 Å². The fourth-order valence-corrected chi connectivity index (χ4v) is 2.76. The Hall–Kier alpha value is -2.62. The molecular formula is C22H28N2O2. The maximum atomic E-state index is 12.3. The highest BCUT2D eigenvalue weighted by atomic mass is 16.2. The van der Waals surface area contributed by atoms with Gasteiger partial charge in [0.2, 0.25) is 11.8 Å². The van der Waals surface area contributed by atoms with Crippen LogP contribution in [0.2, 0.25) is 0 Å². The van der Waals surface area contributed by atoms with Crippen LogP contribution in [-0.2, 0) is 9.59 Å². The molecule has 0 saturated carbocycles. The summed E-state index contributed by atoms with van der Waals surface area (Å²) < 4.78 is 0. The third-order valence-corrected chi connectivity index (χ3v) is 4.60. The van der Waals surface area contributed by atoms with Gasteiger partial charge in [0.15, 0.2) is 0 Å². The zero-order valence-corrected chi connectivity index (χ0v) is 16.3. The van der Waals surface area contributed by atoms with E-state index in [1.807, 2.05) is 56.3 Å². The predicted molar refractivity (Wildman–Crippen MR) is 108 cm³/mol. The molecule has 138 valence electrons. The molecule has 0 aliphatic carbocycles. The van der Waals surface area contributed by atoms with Crippen LogP contribution in [0.15, 0.2) is 42.5 Å². The number of hydrogen-bond donors (Lipinski definition) is 1. The maximum Gasteiger partial charge on any atom is 0.226 e. The average molecular weight is 352 g/mol. The van der Waals surface area contributed by atoms with Gasteiger partial charge in [0, 0.05) is 31.3 Å². The highest BCUT2D eigenvalue weighted by molar-refractivity contribution is 5.94. The van der Waals surface area contributed by atoms with Crippen molar-refractivity contribution in [1.82, 2.24) is 0 Å². The van der Waals surface area contributed by atoms with Crippen LogP contribution in [0.25, 0.3) is 0 Å². The van der Waals surface area contributed by atoms with Gasteiger partial charge in [-0.15, -0.1) is 0 Å². The Morgan fingerprint density at radius 3 is 2.19 bits per heavy atom. The Bertz CT molecular complexity index is 779. The number of nitrogens with one attached hydrogen (secondary N) is 1. The minimum absolute atomic E-state index is 0.0683. The van der Waals surface area contributed by atoms with Gasteiger partial charge in [-0.05, 0) is 60.7 Å². The Kier molecular flexibility index (Phi) is 6.56. The molecule has 0 aromatic heterocycles. The maximum absolute atomic E-state index is 12.3. The first-order chi connectivity index (χ1) is 12.3. The van der Waals surface area contributed by atoms with E-state index < -0.39 is 0 Å². The van der Waals surface area contributed by atoms with Gasteiger partial charge in [-0.1, -0.05) is 32.0 Å². The highest BCUT2D eigenvalue weighted by Crippen LogP contribution is 2.21. The molecular weight excluding hydrogens is 324 g/mol. The predicted octanol–water partition coefficient (Wildman–Crippen LogP) is 4.81. The summed E-state index contributed by atoms with van der Waals surface area (Å²) in [6.07, 6.45) is 0.248. The summed E-state index contributed by atoms with van der Waals surface area (Å²) in [5.74, 6) is 0.276. The molecule has 0 fully saturated rings. The van der Waals surface area contributed by atoms with E-state index >= 15 is 0 Å². The smallest absolute Gasteiger partial charge is 0.226 e. The molecule has 0 atom stereocenters. The number of anilines is 2. The summed E-state index contributed by atoms with van der Waals surface area (Å²) in [5, 5.41) is 2.90. The molecule has 0 saturated heterocycles. The molecule has 2 aromatic rings.